The van der Waals surface area contributed by atoms with Crippen molar-refractivity contribution in [1.29, 1.82) is 0 Å². The Morgan fingerprint density at radius 3 is 2.76 bits per heavy atom. The summed E-state index contributed by atoms with van der Waals surface area (Å²) in [5.41, 5.74) is 0.397. The molecule has 1 aliphatic heterocycles. The van der Waals surface area contributed by atoms with Crippen LogP contribution in [-0.2, 0) is 4.79 Å². The molecule has 0 aromatic heterocycles. The minimum atomic E-state index is -0.774. The van der Waals surface area contributed by atoms with Gasteiger partial charge >= 0.3 is 0 Å². The summed E-state index contributed by atoms with van der Waals surface area (Å²) in [4.78, 5) is 12.1. The van der Waals surface area contributed by atoms with E-state index in [2.05, 4.69) is 5.32 Å². The van der Waals surface area contributed by atoms with Crippen LogP contribution in [0.15, 0.2) is 42.5 Å². The minimum absolute atomic E-state index is 0.0565. The standard InChI is InChI=1S/C15H11ClFNO3/c16-10-7-9(5-6-11(10)17)18-15(19)14-8-20-12-3-1-2-4-13(12)21-14/h1-7,14H,8H2,(H,18,19). The predicted octanol–water partition coefficient (Wildman–Crippen LogP) is 3.26. The zero-order valence-electron chi connectivity index (χ0n) is 10.8. The number of ether oxygens (including phenoxy) is 2. The maximum absolute atomic E-state index is 13.1. The lowest BCUT2D eigenvalue weighted by Gasteiger charge is -2.25. The Kier molecular flexibility index (Phi) is 3.66. The molecule has 108 valence electrons. The third-order valence-corrected chi connectivity index (χ3v) is 3.28. The van der Waals surface area contributed by atoms with E-state index in [4.69, 9.17) is 21.1 Å². The van der Waals surface area contributed by atoms with E-state index in [1.54, 1.807) is 18.2 Å². The highest BCUT2D eigenvalue weighted by Crippen LogP contribution is 2.31. The highest BCUT2D eigenvalue weighted by atomic mass is 35.5. The fourth-order valence-electron chi connectivity index (χ4n) is 1.95. The smallest absolute Gasteiger partial charge is 0.269 e. The fraction of sp³-hybridized carbons (Fsp3) is 0.133. The van der Waals surface area contributed by atoms with Crippen molar-refractivity contribution in [3.8, 4) is 11.5 Å². The fourth-order valence-corrected chi connectivity index (χ4v) is 2.13. The Labute approximate surface area is 125 Å². The van der Waals surface area contributed by atoms with Crippen LogP contribution >= 0.6 is 11.6 Å². The number of carbonyl (C=O) groups is 1. The number of carbonyl (C=O) groups excluding carboxylic acids is 1. The van der Waals surface area contributed by atoms with Gasteiger partial charge in [-0.1, -0.05) is 23.7 Å². The van der Waals surface area contributed by atoms with Gasteiger partial charge in [-0.2, -0.15) is 0 Å². The van der Waals surface area contributed by atoms with Crippen molar-refractivity contribution in [3.05, 3.63) is 53.3 Å². The van der Waals surface area contributed by atoms with Crippen LogP contribution in [0.5, 0.6) is 11.5 Å². The molecule has 4 nitrogen and oxygen atoms in total. The summed E-state index contributed by atoms with van der Waals surface area (Å²) in [6.07, 6.45) is -0.774. The average molecular weight is 308 g/mol. The number of amides is 1. The Morgan fingerprint density at radius 2 is 2.00 bits per heavy atom. The highest BCUT2D eigenvalue weighted by molar-refractivity contribution is 6.31. The van der Waals surface area contributed by atoms with Crippen molar-refractivity contribution >= 4 is 23.2 Å². The third-order valence-electron chi connectivity index (χ3n) is 2.99. The van der Waals surface area contributed by atoms with Gasteiger partial charge in [0.15, 0.2) is 11.5 Å². The van der Waals surface area contributed by atoms with Crippen molar-refractivity contribution in [2.75, 3.05) is 11.9 Å². The molecule has 1 aliphatic rings. The van der Waals surface area contributed by atoms with Gasteiger partial charge in [0.2, 0.25) is 6.10 Å². The normalized spacial score (nSPS) is 16.4. The van der Waals surface area contributed by atoms with Crippen LogP contribution in [0.4, 0.5) is 10.1 Å². The van der Waals surface area contributed by atoms with Crippen LogP contribution in [0.3, 0.4) is 0 Å². The average Bonchev–Trinajstić information content (AvgIpc) is 2.50. The van der Waals surface area contributed by atoms with E-state index in [0.717, 1.165) is 0 Å². The molecule has 0 saturated carbocycles. The van der Waals surface area contributed by atoms with E-state index in [-0.39, 0.29) is 17.5 Å². The summed E-state index contributed by atoms with van der Waals surface area (Å²) in [7, 11) is 0. The summed E-state index contributed by atoms with van der Waals surface area (Å²) in [5, 5.41) is 2.56. The van der Waals surface area contributed by atoms with Gasteiger partial charge in [-0.15, -0.1) is 0 Å². The molecular formula is C15H11ClFNO3. The van der Waals surface area contributed by atoms with Crippen molar-refractivity contribution < 1.29 is 18.7 Å². The first-order valence-corrected chi connectivity index (χ1v) is 6.65. The maximum atomic E-state index is 13.1. The van der Waals surface area contributed by atoms with Gasteiger partial charge in [0, 0.05) is 5.69 Å². The number of para-hydroxylation sites is 2. The van der Waals surface area contributed by atoms with Crippen molar-refractivity contribution in [2.24, 2.45) is 0 Å². The Bertz CT molecular complexity index is 692. The molecule has 1 atom stereocenters. The second-order valence-corrected chi connectivity index (χ2v) is 4.89. The lowest BCUT2D eigenvalue weighted by atomic mass is 10.2. The summed E-state index contributed by atoms with van der Waals surface area (Å²) in [6, 6.07) is 11.1. The number of hydrogen-bond acceptors (Lipinski definition) is 3. The molecule has 0 saturated heterocycles. The highest BCUT2D eigenvalue weighted by Gasteiger charge is 2.27. The monoisotopic (exact) mass is 307 g/mol. The number of rotatable bonds is 2. The number of benzene rings is 2. The van der Waals surface area contributed by atoms with E-state index in [0.29, 0.717) is 17.2 Å². The molecule has 0 spiro atoms. The first-order chi connectivity index (χ1) is 10.1. The van der Waals surface area contributed by atoms with Crippen molar-refractivity contribution in [3.63, 3.8) is 0 Å². The van der Waals surface area contributed by atoms with E-state index >= 15 is 0 Å². The van der Waals surface area contributed by atoms with Gasteiger partial charge in [-0.3, -0.25) is 4.79 Å². The zero-order valence-corrected chi connectivity index (χ0v) is 11.6. The molecule has 0 bridgehead atoms. The maximum Gasteiger partial charge on any atom is 0.269 e. The quantitative estimate of drug-likeness (QED) is 0.926. The molecule has 21 heavy (non-hydrogen) atoms. The van der Waals surface area contributed by atoms with Crippen LogP contribution in [0.25, 0.3) is 0 Å². The number of halogens is 2. The molecular weight excluding hydrogens is 297 g/mol. The van der Waals surface area contributed by atoms with Crippen LogP contribution < -0.4 is 14.8 Å². The van der Waals surface area contributed by atoms with Gasteiger partial charge in [-0.25, -0.2) is 4.39 Å². The van der Waals surface area contributed by atoms with Crippen molar-refractivity contribution in [2.45, 2.75) is 6.10 Å². The lowest BCUT2D eigenvalue weighted by molar-refractivity contribution is -0.125. The lowest BCUT2D eigenvalue weighted by Crippen LogP contribution is -2.40. The third kappa shape index (κ3) is 2.92. The zero-order chi connectivity index (χ0) is 14.8. The van der Waals surface area contributed by atoms with Gasteiger partial charge in [0.05, 0.1) is 5.02 Å². The second kappa shape index (κ2) is 5.61. The van der Waals surface area contributed by atoms with Crippen molar-refractivity contribution in [1.82, 2.24) is 0 Å². The van der Waals surface area contributed by atoms with Crippen LogP contribution in [0.2, 0.25) is 5.02 Å². The van der Waals surface area contributed by atoms with Gasteiger partial charge in [0.25, 0.3) is 5.91 Å². The van der Waals surface area contributed by atoms with Crippen LogP contribution in [-0.4, -0.2) is 18.6 Å². The molecule has 6 heteroatoms. The Hall–Kier alpha value is -2.27. The minimum Gasteiger partial charge on any atom is -0.485 e. The van der Waals surface area contributed by atoms with Crippen LogP contribution in [0, 0.1) is 5.82 Å². The molecule has 0 fully saturated rings. The number of nitrogens with one attached hydrogen (secondary N) is 1. The van der Waals surface area contributed by atoms with E-state index in [1.165, 1.54) is 18.2 Å². The molecule has 2 aromatic carbocycles. The predicted molar refractivity (Wildman–Crippen MR) is 76.4 cm³/mol. The first-order valence-electron chi connectivity index (χ1n) is 6.28. The molecule has 0 radical (unpaired) electrons. The molecule has 1 heterocycles. The number of hydrogen-bond donors (Lipinski definition) is 1. The van der Waals surface area contributed by atoms with E-state index < -0.39 is 11.9 Å². The molecule has 2 aromatic rings. The SMILES string of the molecule is O=C(Nc1ccc(F)c(Cl)c1)C1COc2ccccc2O1. The summed E-state index contributed by atoms with van der Waals surface area (Å²) in [6.45, 7) is 0.109. The molecule has 1 unspecified atom stereocenters. The summed E-state index contributed by atoms with van der Waals surface area (Å²) < 4.78 is 24.1. The number of anilines is 1. The molecule has 0 aliphatic carbocycles. The molecule has 1 N–H and O–H groups in total. The largest absolute Gasteiger partial charge is 0.485 e. The first kappa shape index (κ1) is 13.7. The van der Waals surface area contributed by atoms with E-state index in [9.17, 15) is 9.18 Å². The molecule has 3 rings (SSSR count). The van der Waals surface area contributed by atoms with Gasteiger partial charge < -0.3 is 14.8 Å². The second-order valence-electron chi connectivity index (χ2n) is 4.48. The summed E-state index contributed by atoms with van der Waals surface area (Å²) >= 11 is 5.67. The number of fused-ring (bicyclic) bond motifs is 1. The van der Waals surface area contributed by atoms with Crippen LogP contribution in [0.1, 0.15) is 0 Å². The van der Waals surface area contributed by atoms with Gasteiger partial charge in [-0.05, 0) is 30.3 Å². The topological polar surface area (TPSA) is 47.6 Å². The summed E-state index contributed by atoms with van der Waals surface area (Å²) in [5.74, 6) is 0.195. The van der Waals surface area contributed by atoms with Gasteiger partial charge in [0.1, 0.15) is 12.4 Å². The molecule has 1 amide bonds. The Balaban J connectivity index is 1.70. The Morgan fingerprint density at radius 1 is 1.24 bits per heavy atom. The van der Waals surface area contributed by atoms with E-state index in [1.807, 2.05) is 6.07 Å².